The molecular weight excluding hydrogens is 478 g/mol. The zero-order valence-corrected chi connectivity index (χ0v) is 20.8. The average molecular weight is 510 g/mol. The molecule has 2 heterocycles. The largest absolute Gasteiger partial charge is 0.465 e. The summed E-state index contributed by atoms with van der Waals surface area (Å²) in [7, 11) is 1.57. The van der Waals surface area contributed by atoms with Crippen molar-refractivity contribution in [3.8, 4) is 0 Å². The van der Waals surface area contributed by atoms with E-state index in [1.165, 1.54) is 4.90 Å². The summed E-state index contributed by atoms with van der Waals surface area (Å²) in [5.74, 6) is -0.629. The molecule has 0 saturated carbocycles. The van der Waals surface area contributed by atoms with Crippen LogP contribution in [0.1, 0.15) is 54.2 Å². The van der Waals surface area contributed by atoms with Gasteiger partial charge in [-0.3, -0.25) is 9.78 Å². The van der Waals surface area contributed by atoms with Crippen molar-refractivity contribution in [2.24, 2.45) is 0 Å². The number of benzene rings is 1. The number of urea groups is 1. The summed E-state index contributed by atoms with van der Waals surface area (Å²) in [5.41, 5.74) is 1.54. The number of aliphatic hydroxyl groups excluding tert-OH is 1. The second-order valence-electron chi connectivity index (χ2n) is 8.45. The number of hydrogen-bond donors (Lipinski definition) is 3. The molecule has 4 amide bonds. The SMILES string of the molecule is CCCCN(C(=O)O)C(=O)N[C@@H](CCc1ccccc1)C(O)c1nc(C(=O)N(C)c2ccncc2)co1. The summed E-state index contributed by atoms with van der Waals surface area (Å²) < 4.78 is 5.42. The number of aromatic nitrogens is 2. The molecule has 196 valence electrons. The molecule has 0 spiro atoms. The lowest BCUT2D eigenvalue weighted by Crippen LogP contribution is -2.49. The first-order valence-corrected chi connectivity index (χ1v) is 12.0. The Bertz CT molecular complexity index is 1170. The predicted molar refractivity (Wildman–Crippen MR) is 135 cm³/mol. The van der Waals surface area contributed by atoms with Crippen LogP contribution in [0, 0.1) is 0 Å². The normalized spacial score (nSPS) is 12.4. The van der Waals surface area contributed by atoms with E-state index in [0.717, 1.165) is 11.8 Å². The number of imide groups is 1. The van der Waals surface area contributed by atoms with Gasteiger partial charge < -0.3 is 24.8 Å². The van der Waals surface area contributed by atoms with E-state index < -0.39 is 30.2 Å². The molecule has 3 N–H and O–H groups in total. The molecule has 0 bridgehead atoms. The first kappa shape index (κ1) is 27.3. The lowest BCUT2D eigenvalue weighted by molar-refractivity contribution is 0.0924. The van der Waals surface area contributed by atoms with Crippen LogP contribution in [-0.4, -0.2) is 62.7 Å². The summed E-state index contributed by atoms with van der Waals surface area (Å²) in [6, 6.07) is 11.0. The number of aryl methyl sites for hydroxylation is 1. The van der Waals surface area contributed by atoms with Gasteiger partial charge in [0.2, 0.25) is 5.89 Å². The fourth-order valence-corrected chi connectivity index (χ4v) is 3.66. The van der Waals surface area contributed by atoms with Crippen molar-refractivity contribution in [3.63, 3.8) is 0 Å². The Kier molecular flexibility index (Phi) is 9.73. The average Bonchev–Trinajstić information content (AvgIpc) is 3.41. The van der Waals surface area contributed by atoms with Crippen molar-refractivity contribution in [1.29, 1.82) is 0 Å². The molecule has 3 rings (SSSR count). The molecule has 37 heavy (non-hydrogen) atoms. The number of carbonyl (C=O) groups excluding carboxylic acids is 2. The maximum absolute atomic E-state index is 12.9. The Labute approximate surface area is 214 Å². The molecule has 11 heteroatoms. The lowest BCUT2D eigenvalue weighted by Gasteiger charge is -2.25. The van der Waals surface area contributed by atoms with Gasteiger partial charge in [-0.15, -0.1) is 0 Å². The number of nitrogens with zero attached hydrogens (tertiary/aromatic N) is 4. The van der Waals surface area contributed by atoms with Gasteiger partial charge in [-0.1, -0.05) is 43.7 Å². The number of rotatable bonds is 11. The predicted octanol–water partition coefficient (Wildman–Crippen LogP) is 3.87. The third-order valence-corrected chi connectivity index (χ3v) is 5.84. The highest BCUT2D eigenvalue weighted by molar-refractivity contribution is 6.04. The molecule has 2 atom stereocenters. The van der Waals surface area contributed by atoms with E-state index in [-0.39, 0.29) is 24.6 Å². The molecule has 0 fully saturated rings. The number of hydrogen-bond acceptors (Lipinski definition) is 7. The summed E-state index contributed by atoms with van der Waals surface area (Å²) >= 11 is 0. The summed E-state index contributed by atoms with van der Waals surface area (Å²) in [4.78, 5) is 47.4. The molecular formula is C26H31N5O6. The van der Waals surface area contributed by atoms with Crippen LogP contribution in [0.15, 0.2) is 65.5 Å². The molecule has 2 aromatic heterocycles. The van der Waals surface area contributed by atoms with E-state index in [9.17, 15) is 24.6 Å². The number of carboxylic acid groups (broad SMARTS) is 1. The lowest BCUT2D eigenvalue weighted by atomic mass is 10.0. The number of pyridine rings is 1. The van der Waals surface area contributed by atoms with Crippen LogP contribution >= 0.6 is 0 Å². The Morgan fingerprint density at radius 3 is 2.46 bits per heavy atom. The number of carbonyl (C=O) groups is 3. The Morgan fingerprint density at radius 1 is 1.11 bits per heavy atom. The molecule has 0 radical (unpaired) electrons. The molecule has 0 saturated heterocycles. The highest BCUT2D eigenvalue weighted by Gasteiger charge is 2.31. The number of amides is 4. The smallest absolute Gasteiger partial charge is 0.415 e. The van der Waals surface area contributed by atoms with Crippen molar-refractivity contribution < 1.29 is 29.0 Å². The number of nitrogens with one attached hydrogen (secondary N) is 1. The Balaban J connectivity index is 1.79. The fourth-order valence-electron chi connectivity index (χ4n) is 3.66. The highest BCUT2D eigenvalue weighted by atomic mass is 16.4. The zero-order chi connectivity index (χ0) is 26.8. The van der Waals surface area contributed by atoms with Crippen LogP contribution in [0.4, 0.5) is 15.3 Å². The van der Waals surface area contributed by atoms with Gasteiger partial charge in [-0.2, -0.15) is 0 Å². The quantitative estimate of drug-likeness (QED) is 0.353. The van der Waals surface area contributed by atoms with E-state index >= 15 is 0 Å². The van der Waals surface area contributed by atoms with E-state index in [0.29, 0.717) is 29.8 Å². The van der Waals surface area contributed by atoms with Crippen molar-refractivity contribution in [3.05, 3.63) is 78.3 Å². The van der Waals surface area contributed by atoms with Gasteiger partial charge in [0, 0.05) is 31.7 Å². The molecule has 11 nitrogen and oxygen atoms in total. The van der Waals surface area contributed by atoms with Gasteiger partial charge in [0.15, 0.2) is 11.8 Å². The van der Waals surface area contributed by atoms with Crippen LogP contribution in [-0.2, 0) is 6.42 Å². The van der Waals surface area contributed by atoms with Gasteiger partial charge in [-0.05, 0) is 37.0 Å². The standard InChI is InChI=1S/C26H31N5O6/c1-3-4-16-31(26(35)36)25(34)29-20(11-10-18-8-6-5-7-9-18)22(32)23-28-21(17-37-23)24(33)30(2)19-12-14-27-15-13-19/h5-9,12-15,17,20,22,32H,3-4,10-11,16H2,1-2H3,(H,29,34)(H,35,36)/t20-,22?/m0/s1. The Morgan fingerprint density at radius 2 is 1.81 bits per heavy atom. The third kappa shape index (κ3) is 7.37. The molecule has 0 aliphatic heterocycles. The van der Waals surface area contributed by atoms with E-state index in [1.807, 2.05) is 37.3 Å². The molecule has 0 aliphatic carbocycles. The van der Waals surface area contributed by atoms with E-state index in [1.54, 1.807) is 31.6 Å². The summed E-state index contributed by atoms with van der Waals surface area (Å²) in [6.07, 6.45) is 3.40. The minimum atomic E-state index is -1.43. The number of anilines is 1. The Hall–Kier alpha value is -4.25. The van der Waals surface area contributed by atoms with Crippen molar-refractivity contribution in [2.45, 2.75) is 44.8 Å². The van der Waals surface area contributed by atoms with Gasteiger partial charge in [0.25, 0.3) is 5.91 Å². The molecule has 3 aromatic rings. The molecule has 0 aliphatic rings. The maximum Gasteiger partial charge on any atom is 0.415 e. The number of oxazole rings is 1. The minimum absolute atomic E-state index is 0.0260. The fraction of sp³-hybridized carbons (Fsp3) is 0.346. The molecule has 1 aromatic carbocycles. The second kappa shape index (κ2) is 13.2. The zero-order valence-electron chi connectivity index (χ0n) is 20.8. The third-order valence-electron chi connectivity index (χ3n) is 5.84. The number of unbranched alkanes of at least 4 members (excludes halogenated alkanes) is 1. The summed E-state index contributed by atoms with van der Waals surface area (Å²) in [6.45, 7) is 1.91. The van der Waals surface area contributed by atoms with Gasteiger partial charge in [-0.25, -0.2) is 19.5 Å². The topological polar surface area (TPSA) is 149 Å². The van der Waals surface area contributed by atoms with Crippen molar-refractivity contribution in [2.75, 3.05) is 18.5 Å². The number of aliphatic hydroxyl groups is 1. The van der Waals surface area contributed by atoms with Crippen LogP contribution in [0.25, 0.3) is 0 Å². The second-order valence-corrected chi connectivity index (χ2v) is 8.45. The van der Waals surface area contributed by atoms with Crippen LogP contribution in [0.5, 0.6) is 0 Å². The highest BCUT2D eigenvalue weighted by Crippen LogP contribution is 2.22. The van der Waals surface area contributed by atoms with Crippen LogP contribution in [0.2, 0.25) is 0 Å². The van der Waals surface area contributed by atoms with E-state index in [4.69, 9.17) is 4.42 Å². The van der Waals surface area contributed by atoms with Crippen LogP contribution < -0.4 is 10.2 Å². The monoisotopic (exact) mass is 509 g/mol. The minimum Gasteiger partial charge on any atom is -0.465 e. The first-order valence-electron chi connectivity index (χ1n) is 12.0. The maximum atomic E-state index is 12.9. The van der Waals surface area contributed by atoms with Gasteiger partial charge in [0.05, 0.1) is 6.04 Å². The molecule has 1 unspecified atom stereocenters. The van der Waals surface area contributed by atoms with Crippen LogP contribution in [0.3, 0.4) is 0 Å². The van der Waals surface area contributed by atoms with Crippen molar-refractivity contribution in [1.82, 2.24) is 20.2 Å². The van der Waals surface area contributed by atoms with E-state index in [2.05, 4.69) is 15.3 Å². The van der Waals surface area contributed by atoms with Crippen molar-refractivity contribution >= 4 is 23.7 Å². The summed E-state index contributed by atoms with van der Waals surface area (Å²) in [5, 5.41) is 23.2. The van der Waals surface area contributed by atoms with Gasteiger partial charge >= 0.3 is 12.1 Å². The van der Waals surface area contributed by atoms with Gasteiger partial charge in [0.1, 0.15) is 6.26 Å². The first-order chi connectivity index (χ1) is 17.8.